The van der Waals surface area contributed by atoms with Gasteiger partial charge in [0.25, 0.3) is 0 Å². The molecule has 1 amide bonds. The van der Waals surface area contributed by atoms with Crippen LogP contribution < -0.4 is 4.74 Å². The zero-order valence-corrected chi connectivity index (χ0v) is 15.6. The topological polar surface area (TPSA) is 77.7 Å². The number of hydrogen-bond donors (Lipinski definition) is 0. The largest absolute Gasteiger partial charge is 0.488 e. The highest BCUT2D eigenvalue weighted by atomic mass is 19.4. The number of carbonyl (C=O) groups is 1. The van der Waals surface area contributed by atoms with Crippen LogP contribution in [-0.4, -0.2) is 45.9 Å². The van der Waals surface area contributed by atoms with E-state index in [1.54, 1.807) is 43.9 Å². The van der Waals surface area contributed by atoms with E-state index in [-0.39, 0.29) is 11.9 Å². The van der Waals surface area contributed by atoms with Gasteiger partial charge >= 0.3 is 18.2 Å². The first-order valence-corrected chi connectivity index (χ1v) is 8.67. The zero-order valence-electron chi connectivity index (χ0n) is 15.6. The number of rotatable bonds is 3. The first kappa shape index (κ1) is 20.0. The number of ether oxygens (including phenoxy) is 2. The lowest BCUT2D eigenvalue weighted by atomic mass is 10.2. The number of halogens is 3. The summed E-state index contributed by atoms with van der Waals surface area (Å²) in [5.41, 5.74) is -0.247. The molecule has 1 aliphatic heterocycles. The quantitative estimate of drug-likeness (QED) is 0.772. The molecular formula is C18H20F3N3O4. The molecule has 0 radical (unpaired) electrons. The van der Waals surface area contributed by atoms with Crippen LogP contribution in [0.2, 0.25) is 0 Å². The van der Waals surface area contributed by atoms with E-state index in [9.17, 15) is 18.0 Å². The number of nitrogens with zero attached hydrogens (tertiary/aromatic N) is 3. The fourth-order valence-corrected chi connectivity index (χ4v) is 2.67. The molecule has 2 aromatic rings. The minimum Gasteiger partial charge on any atom is -0.488 e. The van der Waals surface area contributed by atoms with Crippen molar-refractivity contribution in [2.45, 2.75) is 45.1 Å². The molecule has 0 N–H and O–H groups in total. The van der Waals surface area contributed by atoms with Gasteiger partial charge < -0.3 is 18.9 Å². The first-order chi connectivity index (χ1) is 13.0. The molecule has 7 nitrogen and oxygen atoms in total. The average molecular weight is 399 g/mol. The van der Waals surface area contributed by atoms with Crippen molar-refractivity contribution in [2.75, 3.05) is 13.1 Å². The van der Waals surface area contributed by atoms with Crippen molar-refractivity contribution in [2.24, 2.45) is 0 Å². The second-order valence-corrected chi connectivity index (χ2v) is 7.40. The van der Waals surface area contributed by atoms with Gasteiger partial charge in [0.15, 0.2) is 0 Å². The van der Waals surface area contributed by atoms with E-state index in [0.29, 0.717) is 30.8 Å². The van der Waals surface area contributed by atoms with Gasteiger partial charge in [-0.1, -0.05) is 17.3 Å². The van der Waals surface area contributed by atoms with Crippen LogP contribution in [0.3, 0.4) is 0 Å². The molecule has 152 valence electrons. The third kappa shape index (κ3) is 4.93. The van der Waals surface area contributed by atoms with Gasteiger partial charge in [0, 0.05) is 18.5 Å². The van der Waals surface area contributed by atoms with Gasteiger partial charge in [0.05, 0.1) is 6.54 Å². The molecule has 1 aliphatic rings. The highest BCUT2D eigenvalue weighted by Gasteiger charge is 2.38. The molecular weight excluding hydrogens is 379 g/mol. The van der Waals surface area contributed by atoms with Crippen LogP contribution in [-0.2, 0) is 10.9 Å². The van der Waals surface area contributed by atoms with Gasteiger partial charge in [0.2, 0.25) is 5.82 Å². The normalized spacial score (nSPS) is 17.6. The van der Waals surface area contributed by atoms with Crippen LogP contribution in [0.5, 0.6) is 5.75 Å². The van der Waals surface area contributed by atoms with E-state index in [2.05, 4.69) is 14.7 Å². The zero-order chi connectivity index (χ0) is 20.5. The highest BCUT2D eigenvalue weighted by molar-refractivity contribution is 5.68. The summed E-state index contributed by atoms with van der Waals surface area (Å²) in [5, 5.41) is 3.36. The Labute approximate surface area is 159 Å². The van der Waals surface area contributed by atoms with E-state index >= 15 is 0 Å². The summed E-state index contributed by atoms with van der Waals surface area (Å²) in [7, 11) is 0. The Kier molecular flexibility index (Phi) is 5.22. The van der Waals surface area contributed by atoms with Gasteiger partial charge in [-0.25, -0.2) is 4.79 Å². The molecule has 0 saturated carbocycles. The predicted octanol–water partition coefficient (Wildman–Crippen LogP) is 4.14. The molecule has 0 aliphatic carbocycles. The van der Waals surface area contributed by atoms with Crippen molar-refractivity contribution < 1.29 is 32.0 Å². The Morgan fingerprint density at radius 3 is 2.68 bits per heavy atom. The molecule has 0 spiro atoms. The molecule has 1 saturated heterocycles. The van der Waals surface area contributed by atoms with E-state index in [1.165, 1.54) is 6.07 Å². The molecule has 0 bridgehead atoms. The number of benzene rings is 1. The maximum atomic E-state index is 12.6. The lowest BCUT2D eigenvalue weighted by Gasteiger charge is -2.24. The Bertz CT molecular complexity index is 845. The summed E-state index contributed by atoms with van der Waals surface area (Å²) >= 11 is 0. The van der Waals surface area contributed by atoms with Crippen LogP contribution in [0.1, 0.15) is 33.1 Å². The smallest absolute Gasteiger partial charge is 0.471 e. The second kappa shape index (κ2) is 7.33. The fraction of sp³-hybridized carbons (Fsp3) is 0.500. The summed E-state index contributed by atoms with van der Waals surface area (Å²) in [6, 6.07) is 6.37. The monoisotopic (exact) mass is 399 g/mol. The van der Waals surface area contributed by atoms with Crippen molar-refractivity contribution in [1.82, 2.24) is 15.0 Å². The minimum absolute atomic E-state index is 0.181. The van der Waals surface area contributed by atoms with E-state index in [4.69, 9.17) is 9.47 Å². The number of aromatic nitrogens is 2. The molecule has 3 rings (SSSR count). The third-order valence-corrected chi connectivity index (χ3v) is 3.86. The average Bonchev–Trinajstić information content (AvgIpc) is 3.22. The number of carbonyl (C=O) groups excluding carboxylic acids is 1. The SMILES string of the molecule is CC(C)(C)OC(=O)N1CC[C@H](Oc2cccc(-c3noc(C(F)(F)F)n3)c2)C1. The van der Waals surface area contributed by atoms with Crippen molar-refractivity contribution >= 4 is 6.09 Å². The van der Waals surface area contributed by atoms with Crippen LogP contribution in [0.15, 0.2) is 28.8 Å². The lowest BCUT2D eigenvalue weighted by Crippen LogP contribution is -2.36. The Balaban J connectivity index is 1.64. The molecule has 1 aromatic heterocycles. The van der Waals surface area contributed by atoms with Crippen molar-refractivity contribution in [3.63, 3.8) is 0 Å². The summed E-state index contributed by atoms with van der Waals surface area (Å²) < 4.78 is 53.3. The Morgan fingerprint density at radius 1 is 1.29 bits per heavy atom. The third-order valence-electron chi connectivity index (χ3n) is 3.86. The van der Waals surface area contributed by atoms with E-state index in [0.717, 1.165) is 0 Å². The summed E-state index contributed by atoms with van der Waals surface area (Å²) in [5.74, 6) is -1.15. The van der Waals surface area contributed by atoms with Crippen molar-refractivity contribution in [1.29, 1.82) is 0 Å². The maximum absolute atomic E-state index is 12.6. The van der Waals surface area contributed by atoms with E-state index < -0.39 is 23.8 Å². The molecule has 10 heteroatoms. The Morgan fingerprint density at radius 2 is 2.04 bits per heavy atom. The highest BCUT2D eigenvalue weighted by Crippen LogP contribution is 2.30. The molecule has 2 heterocycles. The predicted molar refractivity (Wildman–Crippen MR) is 91.6 cm³/mol. The minimum atomic E-state index is -4.70. The molecule has 28 heavy (non-hydrogen) atoms. The van der Waals surface area contributed by atoms with Crippen LogP contribution in [0.25, 0.3) is 11.4 Å². The number of alkyl halides is 3. The molecule has 1 atom stereocenters. The number of likely N-dealkylation sites (tertiary alicyclic amines) is 1. The Hall–Kier alpha value is -2.78. The first-order valence-electron chi connectivity index (χ1n) is 8.67. The fourth-order valence-electron chi connectivity index (χ4n) is 2.67. The number of hydrogen-bond acceptors (Lipinski definition) is 6. The van der Waals surface area contributed by atoms with Gasteiger partial charge in [0.1, 0.15) is 17.5 Å². The van der Waals surface area contributed by atoms with Gasteiger partial charge in [-0.05, 0) is 32.9 Å². The maximum Gasteiger partial charge on any atom is 0.471 e. The molecule has 0 unspecified atom stereocenters. The van der Waals surface area contributed by atoms with Crippen LogP contribution in [0, 0.1) is 0 Å². The second-order valence-electron chi connectivity index (χ2n) is 7.40. The standard InChI is InChI=1S/C18H20F3N3O4/c1-17(2,3)27-16(25)24-8-7-13(10-24)26-12-6-4-5-11(9-12)14-22-15(28-23-14)18(19,20)21/h4-6,9,13H,7-8,10H2,1-3H3/t13-/m0/s1. The van der Waals surface area contributed by atoms with Crippen molar-refractivity contribution in [3.8, 4) is 17.1 Å². The summed E-state index contributed by atoms with van der Waals surface area (Å²) in [6.45, 7) is 6.24. The molecule has 1 aromatic carbocycles. The van der Waals surface area contributed by atoms with Crippen molar-refractivity contribution in [3.05, 3.63) is 30.2 Å². The molecule has 1 fully saturated rings. The summed E-state index contributed by atoms with van der Waals surface area (Å²) in [6.07, 6.45) is -4.74. The summed E-state index contributed by atoms with van der Waals surface area (Å²) in [4.78, 5) is 17.0. The van der Waals surface area contributed by atoms with Crippen LogP contribution in [0.4, 0.5) is 18.0 Å². The number of amides is 1. The lowest BCUT2D eigenvalue weighted by molar-refractivity contribution is -0.159. The van der Waals surface area contributed by atoms with Gasteiger partial charge in [-0.2, -0.15) is 18.2 Å². The van der Waals surface area contributed by atoms with Gasteiger partial charge in [-0.15, -0.1) is 0 Å². The van der Waals surface area contributed by atoms with E-state index in [1.807, 2.05) is 0 Å². The van der Waals surface area contributed by atoms with Gasteiger partial charge in [-0.3, -0.25) is 0 Å². The van der Waals surface area contributed by atoms with Crippen LogP contribution >= 0.6 is 0 Å².